The van der Waals surface area contributed by atoms with Gasteiger partial charge in [0.2, 0.25) is 11.8 Å². The van der Waals surface area contributed by atoms with E-state index in [-0.39, 0.29) is 24.2 Å². The first-order valence-electron chi connectivity index (χ1n) is 11.4. The Morgan fingerprint density at radius 3 is 2.34 bits per heavy atom. The first kappa shape index (κ1) is 21.9. The number of para-hydroxylation sites is 1. The van der Waals surface area contributed by atoms with E-state index in [9.17, 15) is 18.8 Å². The standard InChI is InChI=1S/C27H21ClFN3O3/c1-15-22-23(25(34)32(24(22)33)19-12-8-17(28)9-13-19)27(30-15)20-4-2-3-5-21(20)31(26(27)35)14-16-6-10-18(29)11-7-16/h2-13,15,22-23,30H,14H2,1H3/t15-,22-,23+,27-/m0/s1. The van der Waals surface area contributed by atoms with Gasteiger partial charge in [0, 0.05) is 22.3 Å². The Bertz CT molecular complexity index is 1380. The summed E-state index contributed by atoms with van der Waals surface area (Å²) in [6, 6.07) is 19.4. The minimum atomic E-state index is -1.37. The van der Waals surface area contributed by atoms with Crippen LogP contribution in [0.2, 0.25) is 5.02 Å². The molecule has 0 aliphatic carbocycles. The van der Waals surface area contributed by atoms with Gasteiger partial charge in [-0.25, -0.2) is 9.29 Å². The van der Waals surface area contributed by atoms with E-state index in [1.54, 1.807) is 41.3 Å². The molecular formula is C27H21ClFN3O3. The molecule has 0 unspecified atom stereocenters. The lowest BCUT2D eigenvalue weighted by Crippen LogP contribution is -2.54. The SMILES string of the molecule is C[C@@H]1N[C@]2(C(=O)N(Cc3ccc(F)cc3)c3ccccc32)[C@H]2C(=O)N(c3ccc(Cl)cc3)C(=O)[C@@H]12. The Hall–Kier alpha value is -3.55. The number of imide groups is 1. The second-order valence-corrected chi connectivity index (χ2v) is 9.70. The maximum atomic E-state index is 14.2. The third kappa shape index (κ3) is 3.01. The lowest BCUT2D eigenvalue weighted by Gasteiger charge is -2.30. The highest BCUT2D eigenvalue weighted by Gasteiger charge is 2.71. The molecule has 3 aliphatic rings. The fourth-order valence-corrected chi connectivity index (χ4v) is 6.01. The number of hydrogen-bond acceptors (Lipinski definition) is 4. The summed E-state index contributed by atoms with van der Waals surface area (Å²) in [5, 5.41) is 3.86. The van der Waals surface area contributed by atoms with Crippen LogP contribution in [0.3, 0.4) is 0 Å². The Kier molecular flexibility index (Phi) is 4.85. The van der Waals surface area contributed by atoms with Crippen LogP contribution in [0.15, 0.2) is 72.8 Å². The average molecular weight is 490 g/mol. The summed E-state index contributed by atoms with van der Waals surface area (Å²) in [6.45, 7) is 2.05. The van der Waals surface area contributed by atoms with Crippen molar-refractivity contribution in [3.8, 4) is 0 Å². The van der Waals surface area contributed by atoms with E-state index in [1.807, 2.05) is 31.2 Å². The Morgan fingerprint density at radius 1 is 0.943 bits per heavy atom. The van der Waals surface area contributed by atoms with Crippen molar-refractivity contribution >= 4 is 40.7 Å². The molecule has 3 heterocycles. The first-order valence-corrected chi connectivity index (χ1v) is 11.8. The van der Waals surface area contributed by atoms with Gasteiger partial charge in [0.15, 0.2) is 0 Å². The summed E-state index contributed by atoms with van der Waals surface area (Å²) in [5.41, 5.74) is 1.17. The maximum Gasteiger partial charge on any atom is 0.253 e. The van der Waals surface area contributed by atoms with Gasteiger partial charge in [-0.2, -0.15) is 0 Å². The molecule has 2 saturated heterocycles. The second-order valence-electron chi connectivity index (χ2n) is 9.27. The molecule has 8 heteroatoms. The average Bonchev–Trinajstić information content (AvgIpc) is 3.40. The fourth-order valence-electron chi connectivity index (χ4n) is 5.88. The summed E-state index contributed by atoms with van der Waals surface area (Å²) in [4.78, 5) is 44.4. The predicted molar refractivity (Wildman–Crippen MR) is 129 cm³/mol. The van der Waals surface area contributed by atoms with Crippen LogP contribution in [0.5, 0.6) is 0 Å². The highest BCUT2D eigenvalue weighted by Crippen LogP contribution is 2.55. The van der Waals surface area contributed by atoms with Crippen molar-refractivity contribution in [1.29, 1.82) is 0 Å². The molecular weight excluding hydrogens is 469 g/mol. The van der Waals surface area contributed by atoms with E-state index in [1.165, 1.54) is 17.0 Å². The summed E-state index contributed by atoms with van der Waals surface area (Å²) in [5.74, 6) is -2.98. The van der Waals surface area contributed by atoms with Crippen LogP contribution in [0.4, 0.5) is 15.8 Å². The molecule has 1 N–H and O–H groups in total. The van der Waals surface area contributed by atoms with Crippen LogP contribution in [0.1, 0.15) is 18.1 Å². The van der Waals surface area contributed by atoms with Gasteiger partial charge < -0.3 is 4.90 Å². The minimum Gasteiger partial charge on any atom is -0.306 e. The number of fused-ring (bicyclic) bond motifs is 4. The zero-order valence-electron chi connectivity index (χ0n) is 18.7. The quantitative estimate of drug-likeness (QED) is 0.564. The van der Waals surface area contributed by atoms with Gasteiger partial charge >= 0.3 is 0 Å². The van der Waals surface area contributed by atoms with Gasteiger partial charge in [0.1, 0.15) is 11.4 Å². The Morgan fingerprint density at radius 2 is 1.63 bits per heavy atom. The van der Waals surface area contributed by atoms with Crippen molar-refractivity contribution in [2.24, 2.45) is 11.8 Å². The summed E-state index contributed by atoms with van der Waals surface area (Å²) in [7, 11) is 0. The van der Waals surface area contributed by atoms with Crippen molar-refractivity contribution in [3.05, 3.63) is 94.8 Å². The molecule has 35 heavy (non-hydrogen) atoms. The number of nitrogens with one attached hydrogen (secondary N) is 1. The number of rotatable bonds is 3. The normalized spacial score (nSPS) is 27.2. The summed E-state index contributed by atoms with van der Waals surface area (Å²) < 4.78 is 13.5. The van der Waals surface area contributed by atoms with Gasteiger partial charge in [0.25, 0.3) is 5.91 Å². The molecule has 3 aromatic carbocycles. The van der Waals surface area contributed by atoms with Gasteiger partial charge in [-0.05, 0) is 55.0 Å². The number of hydrogen-bond donors (Lipinski definition) is 1. The van der Waals surface area contributed by atoms with E-state index >= 15 is 0 Å². The zero-order valence-corrected chi connectivity index (χ0v) is 19.5. The summed E-state index contributed by atoms with van der Waals surface area (Å²) in [6.07, 6.45) is 0. The number of amides is 3. The van der Waals surface area contributed by atoms with Gasteiger partial charge in [0.05, 0.1) is 24.1 Å². The van der Waals surface area contributed by atoms with Crippen molar-refractivity contribution in [2.75, 3.05) is 9.80 Å². The predicted octanol–water partition coefficient (Wildman–Crippen LogP) is 4.02. The largest absolute Gasteiger partial charge is 0.306 e. The van der Waals surface area contributed by atoms with Crippen molar-refractivity contribution in [3.63, 3.8) is 0 Å². The van der Waals surface area contributed by atoms with Crippen LogP contribution in [0, 0.1) is 17.7 Å². The Balaban J connectivity index is 1.45. The molecule has 0 bridgehead atoms. The van der Waals surface area contributed by atoms with Gasteiger partial charge in [-0.3, -0.25) is 19.7 Å². The molecule has 176 valence electrons. The van der Waals surface area contributed by atoms with Crippen LogP contribution >= 0.6 is 11.6 Å². The van der Waals surface area contributed by atoms with E-state index in [2.05, 4.69) is 5.32 Å². The molecule has 6 nitrogen and oxygen atoms in total. The number of halogens is 2. The van der Waals surface area contributed by atoms with Crippen molar-refractivity contribution < 1.29 is 18.8 Å². The number of carbonyl (C=O) groups is 3. The number of benzene rings is 3. The monoisotopic (exact) mass is 489 g/mol. The molecule has 3 aliphatic heterocycles. The van der Waals surface area contributed by atoms with E-state index in [0.717, 1.165) is 5.56 Å². The van der Waals surface area contributed by atoms with Crippen molar-refractivity contribution in [2.45, 2.75) is 25.0 Å². The third-order valence-corrected chi connectivity index (χ3v) is 7.60. The number of carbonyl (C=O) groups excluding carboxylic acids is 3. The fraction of sp³-hybridized carbons (Fsp3) is 0.222. The lowest BCUT2D eigenvalue weighted by atomic mass is 9.76. The van der Waals surface area contributed by atoms with Crippen LogP contribution < -0.4 is 15.1 Å². The van der Waals surface area contributed by atoms with Crippen LogP contribution in [0.25, 0.3) is 0 Å². The highest BCUT2D eigenvalue weighted by molar-refractivity contribution is 6.31. The topological polar surface area (TPSA) is 69.7 Å². The smallest absolute Gasteiger partial charge is 0.253 e. The highest BCUT2D eigenvalue weighted by atomic mass is 35.5. The third-order valence-electron chi connectivity index (χ3n) is 7.35. The molecule has 2 fully saturated rings. The lowest BCUT2D eigenvalue weighted by molar-refractivity contribution is -0.132. The number of anilines is 2. The summed E-state index contributed by atoms with van der Waals surface area (Å²) >= 11 is 6.01. The minimum absolute atomic E-state index is 0.217. The molecule has 3 aromatic rings. The first-order chi connectivity index (χ1) is 16.8. The maximum absolute atomic E-state index is 14.2. The van der Waals surface area contributed by atoms with Crippen LogP contribution in [-0.2, 0) is 26.5 Å². The van der Waals surface area contributed by atoms with Crippen molar-refractivity contribution in [1.82, 2.24) is 5.32 Å². The van der Waals surface area contributed by atoms with Gasteiger partial charge in [-0.15, -0.1) is 0 Å². The molecule has 0 saturated carbocycles. The Labute approximate surface area is 206 Å². The molecule has 0 radical (unpaired) electrons. The molecule has 6 rings (SSSR count). The van der Waals surface area contributed by atoms with E-state index < -0.39 is 29.3 Å². The van der Waals surface area contributed by atoms with E-state index in [4.69, 9.17) is 11.6 Å². The van der Waals surface area contributed by atoms with Gasteiger partial charge in [-0.1, -0.05) is 41.9 Å². The molecule has 1 spiro atoms. The number of nitrogens with zero attached hydrogens (tertiary/aromatic N) is 2. The molecule has 4 atom stereocenters. The molecule has 0 aromatic heterocycles. The van der Waals surface area contributed by atoms with E-state index in [0.29, 0.717) is 22.0 Å². The molecule has 3 amide bonds. The second kappa shape index (κ2) is 7.73. The zero-order chi connectivity index (χ0) is 24.5. The van der Waals surface area contributed by atoms with Crippen LogP contribution in [-0.4, -0.2) is 23.8 Å².